The smallest absolute Gasteiger partial charge is 0.327 e. The fraction of sp³-hybridized carbons (Fsp3) is 0.440. The first-order chi connectivity index (χ1) is 15.5. The number of urea groups is 1. The molecule has 7 heteroatoms. The fourth-order valence-corrected chi connectivity index (χ4v) is 4.66. The summed E-state index contributed by atoms with van der Waals surface area (Å²) in [6.45, 7) is 3.68. The largest absolute Gasteiger partial charge is 0.493 e. The topological polar surface area (TPSA) is 71.1 Å². The van der Waals surface area contributed by atoms with Crippen molar-refractivity contribution in [2.45, 2.75) is 44.8 Å². The quantitative estimate of drug-likeness (QED) is 0.721. The summed E-state index contributed by atoms with van der Waals surface area (Å²) in [4.78, 5) is 30.1. The maximum atomic E-state index is 13.5. The molecule has 0 aliphatic carbocycles. The van der Waals surface area contributed by atoms with Crippen molar-refractivity contribution in [2.24, 2.45) is 0 Å². The molecule has 7 nitrogen and oxygen atoms in total. The van der Waals surface area contributed by atoms with Gasteiger partial charge in [-0.3, -0.25) is 9.69 Å². The number of methoxy groups -OCH3 is 2. The molecule has 170 valence electrons. The van der Waals surface area contributed by atoms with Crippen LogP contribution in [0.25, 0.3) is 0 Å². The van der Waals surface area contributed by atoms with Crippen LogP contribution in [-0.2, 0) is 17.8 Å². The zero-order valence-corrected chi connectivity index (χ0v) is 19.0. The number of benzene rings is 2. The minimum Gasteiger partial charge on any atom is -0.493 e. The molecule has 2 unspecified atom stereocenters. The van der Waals surface area contributed by atoms with Crippen molar-refractivity contribution in [3.05, 3.63) is 59.2 Å². The van der Waals surface area contributed by atoms with Crippen molar-refractivity contribution in [1.29, 1.82) is 0 Å². The Bertz CT molecular complexity index is 993. The third kappa shape index (κ3) is 4.30. The van der Waals surface area contributed by atoms with E-state index in [-0.39, 0.29) is 24.0 Å². The van der Waals surface area contributed by atoms with Gasteiger partial charge < -0.3 is 19.7 Å². The molecule has 1 N–H and O–H groups in total. The van der Waals surface area contributed by atoms with Crippen LogP contribution in [0.15, 0.2) is 42.5 Å². The van der Waals surface area contributed by atoms with Gasteiger partial charge in [0.2, 0.25) is 5.91 Å². The van der Waals surface area contributed by atoms with E-state index in [4.69, 9.17) is 9.47 Å². The minimum absolute atomic E-state index is 0.110. The first kappa shape index (κ1) is 22.1. The summed E-state index contributed by atoms with van der Waals surface area (Å²) in [5.74, 6) is 1.16. The molecule has 0 bridgehead atoms. The van der Waals surface area contributed by atoms with Gasteiger partial charge in [-0.05, 0) is 61.6 Å². The molecule has 2 saturated heterocycles. The van der Waals surface area contributed by atoms with Crippen LogP contribution >= 0.6 is 0 Å². The molecular weight excluding hydrogens is 406 g/mol. The number of nitrogens with zero attached hydrogens (tertiary/aromatic N) is 2. The van der Waals surface area contributed by atoms with E-state index in [1.54, 1.807) is 14.2 Å². The lowest BCUT2D eigenvalue weighted by Gasteiger charge is -2.47. The van der Waals surface area contributed by atoms with Crippen molar-refractivity contribution in [1.82, 2.24) is 15.1 Å². The molecule has 2 aromatic carbocycles. The molecule has 0 spiro atoms. The molecule has 2 atom stereocenters. The summed E-state index contributed by atoms with van der Waals surface area (Å²) in [5, 5.41) is 3.36. The first-order valence-electron chi connectivity index (χ1n) is 11.1. The van der Waals surface area contributed by atoms with Crippen LogP contribution in [0.1, 0.15) is 29.5 Å². The summed E-state index contributed by atoms with van der Waals surface area (Å²) in [5.41, 5.74) is 3.24. The molecule has 0 aromatic heterocycles. The highest BCUT2D eigenvalue weighted by molar-refractivity contribution is 6.00. The third-order valence-corrected chi connectivity index (χ3v) is 6.51. The summed E-state index contributed by atoms with van der Waals surface area (Å²) < 4.78 is 10.7. The van der Waals surface area contributed by atoms with E-state index < -0.39 is 0 Å². The van der Waals surface area contributed by atoms with Crippen LogP contribution in [-0.4, -0.2) is 61.1 Å². The third-order valence-electron chi connectivity index (χ3n) is 6.51. The Morgan fingerprint density at radius 2 is 1.84 bits per heavy atom. The molecule has 0 saturated carbocycles. The second-order valence-electron chi connectivity index (χ2n) is 8.41. The zero-order chi connectivity index (χ0) is 22.7. The molecular formula is C25H31N3O4. The number of imide groups is 1. The molecule has 2 fully saturated rings. The highest BCUT2D eigenvalue weighted by Gasteiger charge is 2.46. The summed E-state index contributed by atoms with van der Waals surface area (Å²) in [6, 6.07) is 13.1. The van der Waals surface area contributed by atoms with Gasteiger partial charge in [0.05, 0.1) is 20.3 Å². The van der Waals surface area contributed by atoms with Gasteiger partial charge in [0, 0.05) is 13.1 Å². The van der Waals surface area contributed by atoms with Crippen molar-refractivity contribution < 1.29 is 19.1 Å². The zero-order valence-electron chi connectivity index (χ0n) is 19.0. The van der Waals surface area contributed by atoms with E-state index in [0.29, 0.717) is 31.0 Å². The number of hydrogen-bond donors (Lipinski definition) is 1. The van der Waals surface area contributed by atoms with Crippen molar-refractivity contribution >= 4 is 11.9 Å². The van der Waals surface area contributed by atoms with Crippen LogP contribution in [0.4, 0.5) is 4.79 Å². The predicted octanol–water partition coefficient (Wildman–Crippen LogP) is 3.14. The maximum absolute atomic E-state index is 13.5. The number of aryl methyl sites for hydroxylation is 1. The standard InChI is InChI=1S/C25H31N3O4/c1-17-7-4-5-8-19(17)16-28-20-9-6-13-26-23(20)24(29)27(25(28)30)14-12-18-10-11-21(31-2)22(15-18)32-3/h4-5,7-8,10-11,15,20,23,26H,6,9,12-14,16H2,1-3H3. The summed E-state index contributed by atoms with van der Waals surface area (Å²) >= 11 is 0. The Morgan fingerprint density at radius 3 is 2.59 bits per heavy atom. The van der Waals surface area contributed by atoms with Crippen molar-refractivity contribution in [3.8, 4) is 11.5 Å². The number of carbonyl (C=O) groups excluding carboxylic acids is 2. The van der Waals surface area contributed by atoms with Crippen LogP contribution < -0.4 is 14.8 Å². The van der Waals surface area contributed by atoms with Crippen LogP contribution in [0, 0.1) is 6.92 Å². The highest BCUT2D eigenvalue weighted by Crippen LogP contribution is 2.29. The van der Waals surface area contributed by atoms with Gasteiger partial charge in [-0.25, -0.2) is 4.79 Å². The number of hydrogen-bond acceptors (Lipinski definition) is 5. The molecule has 2 aliphatic rings. The summed E-state index contributed by atoms with van der Waals surface area (Å²) in [7, 11) is 3.19. The number of rotatable bonds is 7. The van der Waals surface area contributed by atoms with Gasteiger partial charge in [0.25, 0.3) is 0 Å². The van der Waals surface area contributed by atoms with Crippen LogP contribution in [0.5, 0.6) is 11.5 Å². The van der Waals surface area contributed by atoms with Crippen molar-refractivity contribution in [2.75, 3.05) is 27.3 Å². The average molecular weight is 438 g/mol. The lowest BCUT2D eigenvalue weighted by atomic mass is 9.92. The van der Waals surface area contributed by atoms with Crippen LogP contribution in [0.3, 0.4) is 0 Å². The van der Waals surface area contributed by atoms with E-state index in [9.17, 15) is 9.59 Å². The molecule has 32 heavy (non-hydrogen) atoms. The molecule has 2 aromatic rings. The van der Waals surface area contributed by atoms with Gasteiger partial charge in [-0.15, -0.1) is 0 Å². The molecule has 2 heterocycles. The average Bonchev–Trinajstić information content (AvgIpc) is 2.82. The predicted molar refractivity (Wildman–Crippen MR) is 122 cm³/mol. The first-order valence-corrected chi connectivity index (χ1v) is 11.1. The van der Waals surface area contributed by atoms with E-state index in [2.05, 4.69) is 24.4 Å². The van der Waals surface area contributed by atoms with Crippen molar-refractivity contribution in [3.63, 3.8) is 0 Å². The van der Waals surface area contributed by atoms with E-state index in [0.717, 1.165) is 36.1 Å². The monoisotopic (exact) mass is 437 g/mol. The lowest BCUT2D eigenvalue weighted by Crippen LogP contribution is -2.69. The van der Waals surface area contributed by atoms with E-state index in [1.165, 1.54) is 4.90 Å². The lowest BCUT2D eigenvalue weighted by molar-refractivity contribution is -0.137. The van der Waals surface area contributed by atoms with Gasteiger partial charge in [-0.1, -0.05) is 30.3 Å². The Balaban J connectivity index is 1.55. The number of fused-ring (bicyclic) bond motifs is 1. The second kappa shape index (κ2) is 9.61. The Morgan fingerprint density at radius 1 is 1.06 bits per heavy atom. The van der Waals surface area contributed by atoms with Gasteiger partial charge >= 0.3 is 6.03 Å². The number of carbonyl (C=O) groups is 2. The molecule has 3 amide bonds. The minimum atomic E-state index is -0.351. The highest BCUT2D eigenvalue weighted by atomic mass is 16.5. The number of piperidine rings is 1. The molecule has 0 radical (unpaired) electrons. The van der Waals surface area contributed by atoms with E-state index >= 15 is 0 Å². The fourth-order valence-electron chi connectivity index (χ4n) is 4.66. The normalized spacial score (nSPS) is 20.8. The second-order valence-corrected chi connectivity index (χ2v) is 8.41. The SMILES string of the molecule is COc1ccc(CCN2C(=O)C3NCCCC3N(Cc3ccccc3C)C2=O)cc1OC. The number of nitrogens with one attached hydrogen (secondary N) is 1. The van der Waals surface area contributed by atoms with Gasteiger partial charge in [0.15, 0.2) is 11.5 Å². The van der Waals surface area contributed by atoms with Gasteiger partial charge in [-0.2, -0.15) is 0 Å². The maximum Gasteiger partial charge on any atom is 0.327 e. The summed E-state index contributed by atoms with van der Waals surface area (Å²) in [6.07, 6.45) is 2.34. The Kier molecular flexibility index (Phi) is 6.65. The Hall–Kier alpha value is -3.06. The molecule has 2 aliphatic heterocycles. The Labute approximate surface area is 189 Å². The van der Waals surface area contributed by atoms with E-state index in [1.807, 2.05) is 35.2 Å². The molecule has 4 rings (SSSR count). The van der Waals surface area contributed by atoms with Gasteiger partial charge in [0.1, 0.15) is 6.04 Å². The number of amides is 3. The number of ether oxygens (including phenoxy) is 2. The van der Waals surface area contributed by atoms with Crippen LogP contribution in [0.2, 0.25) is 0 Å².